The molecule has 2 N–H and O–H groups in total. The minimum absolute atomic E-state index is 0.212. The number of imide groups is 2. The third-order valence-electron chi connectivity index (χ3n) is 5.05. The van der Waals surface area contributed by atoms with Crippen molar-refractivity contribution in [2.45, 2.75) is 0 Å². The molecule has 4 rings (SSSR count). The lowest BCUT2D eigenvalue weighted by atomic mass is 10.1. The average Bonchev–Trinajstić information content (AvgIpc) is 2.83. The summed E-state index contributed by atoms with van der Waals surface area (Å²) in [5.74, 6) is -1.78. The van der Waals surface area contributed by atoms with Crippen molar-refractivity contribution in [1.82, 2.24) is 5.32 Å². The van der Waals surface area contributed by atoms with E-state index in [-0.39, 0.29) is 17.9 Å². The molecule has 1 fully saturated rings. The van der Waals surface area contributed by atoms with Crippen molar-refractivity contribution in [2.24, 2.45) is 0 Å². The van der Waals surface area contributed by atoms with Crippen LogP contribution in [0.2, 0.25) is 15.1 Å². The van der Waals surface area contributed by atoms with Crippen molar-refractivity contribution in [3.63, 3.8) is 0 Å². The number of rotatable bonds is 6. The molecule has 38 heavy (non-hydrogen) atoms. The summed E-state index contributed by atoms with van der Waals surface area (Å²) in [5, 5.41) is 5.78. The van der Waals surface area contributed by atoms with Crippen molar-refractivity contribution >= 4 is 108 Å². The largest absolute Gasteiger partial charge is 0.481 e. The molecule has 5 amide bonds. The van der Waals surface area contributed by atoms with Crippen LogP contribution >= 0.6 is 66.7 Å². The molecule has 0 radical (unpaired) electrons. The Hall–Kier alpha value is -2.89. The van der Waals surface area contributed by atoms with E-state index in [0.717, 1.165) is 4.90 Å². The molecule has 3 aromatic rings. The quantitative estimate of drug-likeness (QED) is 0.216. The second-order valence-corrected chi connectivity index (χ2v) is 10.7. The van der Waals surface area contributed by atoms with Crippen LogP contribution in [0.15, 0.2) is 69.1 Å². The molecule has 13 heteroatoms. The van der Waals surface area contributed by atoms with Gasteiger partial charge in [-0.25, -0.2) is 9.69 Å². The Kier molecular flexibility index (Phi) is 8.79. The van der Waals surface area contributed by atoms with Crippen LogP contribution in [0.3, 0.4) is 0 Å². The fourth-order valence-corrected chi connectivity index (χ4v) is 5.32. The van der Waals surface area contributed by atoms with Crippen LogP contribution in [0.4, 0.5) is 16.2 Å². The van der Waals surface area contributed by atoms with Gasteiger partial charge in [-0.05, 0) is 92.0 Å². The van der Waals surface area contributed by atoms with Crippen LogP contribution in [-0.4, -0.2) is 30.4 Å². The number of carbonyl (C=O) groups is 4. The van der Waals surface area contributed by atoms with E-state index in [0.29, 0.717) is 41.0 Å². The first kappa shape index (κ1) is 28.1. The first-order chi connectivity index (χ1) is 18.0. The Balaban J connectivity index is 1.51. The summed E-state index contributed by atoms with van der Waals surface area (Å²) in [6.45, 7) is -0.324. The number of nitrogens with zero attached hydrogens (tertiary/aromatic N) is 1. The molecule has 0 spiro atoms. The SMILES string of the molecule is O=C(COc1c(Br)cc(/C=C2\C(=O)NC(=O)N(c3cccc(Cl)c3)C2=O)cc1Br)Nc1ccc(Cl)c(Cl)c1. The summed E-state index contributed by atoms with van der Waals surface area (Å²) < 4.78 is 6.52. The molecule has 194 valence electrons. The smallest absolute Gasteiger partial charge is 0.335 e. The lowest BCUT2D eigenvalue weighted by Crippen LogP contribution is -2.54. The molecule has 1 aliphatic heterocycles. The summed E-state index contributed by atoms with van der Waals surface area (Å²) in [4.78, 5) is 51.1. The maximum atomic E-state index is 13.1. The van der Waals surface area contributed by atoms with Crippen LogP contribution < -0.4 is 20.3 Å². The van der Waals surface area contributed by atoms with E-state index in [1.807, 2.05) is 0 Å². The number of ether oxygens (including phenoxy) is 1. The van der Waals surface area contributed by atoms with Gasteiger partial charge in [-0.3, -0.25) is 19.7 Å². The Labute approximate surface area is 248 Å². The van der Waals surface area contributed by atoms with Crippen LogP contribution in [0.1, 0.15) is 5.56 Å². The van der Waals surface area contributed by atoms with Crippen molar-refractivity contribution in [3.05, 3.63) is 89.7 Å². The highest BCUT2D eigenvalue weighted by atomic mass is 79.9. The summed E-state index contributed by atoms with van der Waals surface area (Å²) in [5.41, 5.74) is 0.839. The van der Waals surface area contributed by atoms with Gasteiger partial charge in [0.25, 0.3) is 17.7 Å². The van der Waals surface area contributed by atoms with E-state index < -0.39 is 23.8 Å². The van der Waals surface area contributed by atoms with Gasteiger partial charge < -0.3 is 10.1 Å². The molecule has 0 bridgehead atoms. The van der Waals surface area contributed by atoms with Gasteiger partial charge in [0.05, 0.1) is 24.7 Å². The van der Waals surface area contributed by atoms with Gasteiger partial charge in [0.1, 0.15) is 11.3 Å². The van der Waals surface area contributed by atoms with Gasteiger partial charge in [-0.15, -0.1) is 0 Å². The minimum atomic E-state index is -0.885. The number of anilines is 2. The fourth-order valence-electron chi connectivity index (χ4n) is 3.38. The monoisotopic (exact) mass is 699 g/mol. The molecule has 0 unspecified atom stereocenters. The summed E-state index contributed by atoms with van der Waals surface area (Å²) in [6.07, 6.45) is 1.33. The summed E-state index contributed by atoms with van der Waals surface area (Å²) >= 11 is 24.6. The molecule has 8 nitrogen and oxygen atoms in total. The van der Waals surface area contributed by atoms with Crippen LogP contribution in [0.5, 0.6) is 5.75 Å². The van der Waals surface area contributed by atoms with Crippen LogP contribution in [0, 0.1) is 0 Å². The minimum Gasteiger partial charge on any atom is -0.481 e. The van der Waals surface area contributed by atoms with Gasteiger partial charge in [0.2, 0.25) is 0 Å². The van der Waals surface area contributed by atoms with Gasteiger partial charge in [-0.2, -0.15) is 0 Å². The maximum Gasteiger partial charge on any atom is 0.335 e. The first-order valence-corrected chi connectivity index (χ1v) is 13.3. The van der Waals surface area contributed by atoms with E-state index in [1.165, 1.54) is 24.3 Å². The molecule has 0 aromatic heterocycles. The predicted octanol–water partition coefficient (Wildman–Crippen LogP) is 6.86. The topological polar surface area (TPSA) is 105 Å². The zero-order chi connectivity index (χ0) is 27.6. The number of barbiturate groups is 1. The first-order valence-electron chi connectivity index (χ1n) is 10.6. The van der Waals surface area contributed by atoms with E-state index in [4.69, 9.17) is 39.5 Å². The van der Waals surface area contributed by atoms with Crippen molar-refractivity contribution < 1.29 is 23.9 Å². The normalized spacial score (nSPS) is 14.5. The fraction of sp³-hybridized carbons (Fsp3) is 0.0400. The Morgan fingerprint density at radius 1 is 0.974 bits per heavy atom. The van der Waals surface area contributed by atoms with Crippen molar-refractivity contribution in [2.75, 3.05) is 16.8 Å². The molecular weight excluding hydrogens is 688 g/mol. The molecular formula is C25H14Br2Cl3N3O5. The number of amides is 5. The number of halogens is 5. The summed E-state index contributed by atoms with van der Waals surface area (Å²) in [7, 11) is 0. The highest BCUT2D eigenvalue weighted by molar-refractivity contribution is 9.11. The lowest BCUT2D eigenvalue weighted by molar-refractivity contribution is -0.122. The third kappa shape index (κ3) is 6.39. The average molecular weight is 703 g/mol. The molecule has 1 aliphatic rings. The molecule has 1 heterocycles. The Bertz CT molecular complexity index is 1510. The third-order valence-corrected chi connectivity index (χ3v) is 7.20. The molecule has 0 atom stereocenters. The van der Waals surface area contributed by atoms with Crippen LogP contribution in [0.25, 0.3) is 6.08 Å². The zero-order valence-corrected chi connectivity index (χ0v) is 24.3. The summed E-state index contributed by atoms with van der Waals surface area (Å²) in [6, 6.07) is 13.1. The number of benzene rings is 3. The highest BCUT2D eigenvalue weighted by Gasteiger charge is 2.37. The molecule has 1 saturated heterocycles. The Morgan fingerprint density at radius 3 is 2.34 bits per heavy atom. The number of hydrogen-bond acceptors (Lipinski definition) is 5. The van der Waals surface area contributed by atoms with Crippen molar-refractivity contribution in [3.8, 4) is 5.75 Å². The van der Waals surface area contributed by atoms with E-state index >= 15 is 0 Å². The van der Waals surface area contributed by atoms with E-state index in [1.54, 1.807) is 36.4 Å². The second kappa shape index (κ2) is 11.9. The van der Waals surface area contributed by atoms with Gasteiger partial charge in [0.15, 0.2) is 6.61 Å². The van der Waals surface area contributed by atoms with Gasteiger partial charge >= 0.3 is 6.03 Å². The number of hydrogen-bond donors (Lipinski definition) is 2. The van der Waals surface area contributed by atoms with Crippen molar-refractivity contribution in [1.29, 1.82) is 0 Å². The van der Waals surface area contributed by atoms with Gasteiger partial charge in [-0.1, -0.05) is 40.9 Å². The zero-order valence-electron chi connectivity index (χ0n) is 18.9. The molecule has 3 aromatic carbocycles. The second-order valence-electron chi connectivity index (χ2n) is 7.72. The number of nitrogens with one attached hydrogen (secondary N) is 2. The molecule has 0 aliphatic carbocycles. The van der Waals surface area contributed by atoms with Gasteiger partial charge in [0, 0.05) is 10.7 Å². The lowest BCUT2D eigenvalue weighted by Gasteiger charge is -2.26. The molecule has 0 saturated carbocycles. The predicted molar refractivity (Wildman–Crippen MR) is 153 cm³/mol. The van der Waals surface area contributed by atoms with Crippen LogP contribution in [-0.2, 0) is 14.4 Å². The van der Waals surface area contributed by atoms with E-state index in [9.17, 15) is 19.2 Å². The standard InChI is InChI=1S/C25H14Br2Cl3N3O5/c26-17-7-12(6-16-23(35)32-25(37)33(24(16)36)15-3-1-2-13(28)9-15)8-18(27)22(17)38-11-21(34)31-14-4-5-19(29)20(30)10-14/h1-10H,11H2,(H,31,34)(H,32,35,37)/b16-6+. The Morgan fingerprint density at radius 2 is 1.68 bits per heavy atom. The maximum absolute atomic E-state index is 13.1. The highest BCUT2D eigenvalue weighted by Crippen LogP contribution is 2.36. The number of carbonyl (C=O) groups excluding carboxylic acids is 4. The number of urea groups is 1. The van der Waals surface area contributed by atoms with E-state index in [2.05, 4.69) is 42.5 Å².